The van der Waals surface area contributed by atoms with Crippen molar-refractivity contribution in [3.63, 3.8) is 0 Å². The molecule has 180 valence electrons. The molecule has 10 heteroatoms. The number of sulfonamides is 1. The van der Waals surface area contributed by atoms with E-state index in [0.29, 0.717) is 34.4 Å². The molecule has 3 rings (SSSR count). The SMILES string of the molecule is CC[C@H](Oc1cccc(Cl)c1)C(=O)Nc1ccc(S(=O)(=O)Nc2ccc(OC)cc2OC)cc1. The summed E-state index contributed by atoms with van der Waals surface area (Å²) in [6.45, 7) is 1.82. The number of hydrogen-bond donors (Lipinski definition) is 2. The van der Waals surface area contributed by atoms with E-state index in [-0.39, 0.29) is 16.5 Å². The number of benzene rings is 3. The molecule has 3 aromatic rings. The molecule has 0 aliphatic heterocycles. The summed E-state index contributed by atoms with van der Waals surface area (Å²) in [5, 5.41) is 3.25. The zero-order valence-electron chi connectivity index (χ0n) is 18.9. The van der Waals surface area contributed by atoms with Crippen LogP contribution in [0.1, 0.15) is 13.3 Å². The van der Waals surface area contributed by atoms with Gasteiger partial charge in [0.2, 0.25) is 0 Å². The number of halogens is 1. The maximum atomic E-state index is 12.8. The molecule has 0 radical (unpaired) electrons. The van der Waals surface area contributed by atoms with Gasteiger partial charge in [0.25, 0.3) is 15.9 Å². The number of carbonyl (C=O) groups excluding carboxylic acids is 1. The van der Waals surface area contributed by atoms with Gasteiger partial charge in [-0.25, -0.2) is 8.42 Å². The van der Waals surface area contributed by atoms with Crippen LogP contribution in [0.3, 0.4) is 0 Å². The third-order valence-electron chi connectivity index (χ3n) is 4.82. The van der Waals surface area contributed by atoms with E-state index in [4.69, 9.17) is 25.8 Å². The topological polar surface area (TPSA) is 103 Å². The number of rotatable bonds is 10. The van der Waals surface area contributed by atoms with Gasteiger partial charge in [-0.15, -0.1) is 0 Å². The summed E-state index contributed by atoms with van der Waals surface area (Å²) in [7, 11) is -0.958. The summed E-state index contributed by atoms with van der Waals surface area (Å²) in [6.07, 6.45) is -0.315. The molecule has 2 N–H and O–H groups in total. The number of nitrogens with one attached hydrogen (secondary N) is 2. The quantitative estimate of drug-likeness (QED) is 0.405. The van der Waals surface area contributed by atoms with Crippen molar-refractivity contribution >= 4 is 38.9 Å². The van der Waals surface area contributed by atoms with E-state index in [1.54, 1.807) is 42.5 Å². The van der Waals surface area contributed by atoms with Crippen LogP contribution in [0, 0.1) is 0 Å². The Morgan fingerprint density at radius 2 is 1.71 bits per heavy atom. The van der Waals surface area contributed by atoms with Crippen LogP contribution in [0.25, 0.3) is 0 Å². The first-order chi connectivity index (χ1) is 16.2. The van der Waals surface area contributed by atoms with E-state index >= 15 is 0 Å². The predicted octanol–water partition coefficient (Wildman–Crippen LogP) is 4.95. The molecule has 0 aromatic heterocycles. The Morgan fingerprint density at radius 3 is 2.32 bits per heavy atom. The number of methoxy groups -OCH3 is 2. The first kappa shape index (κ1) is 25.2. The molecule has 0 aliphatic carbocycles. The molecule has 0 spiro atoms. The van der Waals surface area contributed by atoms with Crippen LogP contribution in [-0.2, 0) is 14.8 Å². The molecular formula is C24H25ClN2O6S. The zero-order chi connectivity index (χ0) is 24.7. The number of anilines is 2. The van der Waals surface area contributed by atoms with Crippen LogP contribution in [0.15, 0.2) is 71.6 Å². The maximum absolute atomic E-state index is 12.8. The summed E-state index contributed by atoms with van der Waals surface area (Å²) in [5.74, 6) is 0.969. The first-order valence-electron chi connectivity index (χ1n) is 10.3. The maximum Gasteiger partial charge on any atom is 0.265 e. The number of carbonyl (C=O) groups is 1. The van der Waals surface area contributed by atoms with E-state index in [1.165, 1.54) is 38.5 Å². The molecule has 0 unspecified atom stereocenters. The Bertz CT molecular complexity index is 1250. The van der Waals surface area contributed by atoms with Crippen molar-refractivity contribution in [2.75, 3.05) is 24.3 Å². The van der Waals surface area contributed by atoms with Gasteiger partial charge in [0.15, 0.2) is 6.10 Å². The van der Waals surface area contributed by atoms with Gasteiger partial charge in [0.05, 0.1) is 24.8 Å². The third-order valence-corrected chi connectivity index (χ3v) is 6.44. The second-order valence-electron chi connectivity index (χ2n) is 7.16. The summed E-state index contributed by atoms with van der Waals surface area (Å²) in [6, 6.07) is 17.3. The van der Waals surface area contributed by atoms with Crippen molar-refractivity contribution in [2.45, 2.75) is 24.3 Å². The highest BCUT2D eigenvalue weighted by molar-refractivity contribution is 7.92. The highest BCUT2D eigenvalue weighted by Gasteiger charge is 2.20. The van der Waals surface area contributed by atoms with E-state index in [2.05, 4.69) is 10.0 Å². The molecule has 0 fully saturated rings. The van der Waals surface area contributed by atoms with Crippen LogP contribution >= 0.6 is 11.6 Å². The Balaban J connectivity index is 1.69. The van der Waals surface area contributed by atoms with Gasteiger partial charge in [-0.2, -0.15) is 0 Å². The molecular weight excluding hydrogens is 480 g/mol. The monoisotopic (exact) mass is 504 g/mol. The molecule has 0 bridgehead atoms. The molecule has 0 heterocycles. The average molecular weight is 505 g/mol. The Kier molecular flexibility index (Phi) is 8.25. The number of ether oxygens (including phenoxy) is 3. The minimum Gasteiger partial charge on any atom is -0.497 e. The van der Waals surface area contributed by atoms with Crippen molar-refractivity contribution < 1.29 is 27.4 Å². The van der Waals surface area contributed by atoms with Crippen molar-refractivity contribution in [1.29, 1.82) is 0 Å². The molecule has 1 atom stereocenters. The molecule has 34 heavy (non-hydrogen) atoms. The van der Waals surface area contributed by atoms with E-state index < -0.39 is 16.1 Å². The zero-order valence-corrected chi connectivity index (χ0v) is 20.4. The fourth-order valence-electron chi connectivity index (χ4n) is 3.05. The predicted molar refractivity (Wildman–Crippen MR) is 132 cm³/mol. The lowest BCUT2D eigenvalue weighted by atomic mass is 10.2. The van der Waals surface area contributed by atoms with Gasteiger partial charge < -0.3 is 19.5 Å². The molecule has 0 saturated heterocycles. The van der Waals surface area contributed by atoms with Crippen molar-refractivity contribution in [1.82, 2.24) is 0 Å². The summed E-state index contributed by atoms with van der Waals surface area (Å²) >= 11 is 5.97. The summed E-state index contributed by atoms with van der Waals surface area (Å²) < 4.78 is 44.3. The van der Waals surface area contributed by atoms with Crippen LogP contribution < -0.4 is 24.2 Å². The van der Waals surface area contributed by atoms with E-state index in [0.717, 1.165) is 0 Å². The fraction of sp³-hybridized carbons (Fsp3) is 0.208. The average Bonchev–Trinajstić information content (AvgIpc) is 2.83. The Morgan fingerprint density at radius 1 is 0.971 bits per heavy atom. The highest BCUT2D eigenvalue weighted by atomic mass is 35.5. The molecule has 0 saturated carbocycles. The van der Waals surface area contributed by atoms with Crippen LogP contribution in [-0.4, -0.2) is 34.6 Å². The van der Waals surface area contributed by atoms with E-state index in [1.807, 2.05) is 6.92 Å². The number of hydrogen-bond acceptors (Lipinski definition) is 6. The van der Waals surface area contributed by atoms with Gasteiger partial charge in [-0.05, 0) is 61.0 Å². The van der Waals surface area contributed by atoms with Crippen molar-refractivity contribution in [3.05, 3.63) is 71.8 Å². The van der Waals surface area contributed by atoms with Crippen LogP contribution in [0.5, 0.6) is 17.2 Å². The van der Waals surface area contributed by atoms with Gasteiger partial charge in [-0.3, -0.25) is 9.52 Å². The lowest BCUT2D eigenvalue weighted by molar-refractivity contribution is -0.122. The second kappa shape index (κ2) is 11.1. The lowest BCUT2D eigenvalue weighted by Crippen LogP contribution is -2.32. The first-order valence-corrected chi connectivity index (χ1v) is 12.2. The summed E-state index contributed by atoms with van der Waals surface area (Å²) in [4.78, 5) is 12.7. The normalized spacial score (nSPS) is 11.9. The van der Waals surface area contributed by atoms with Crippen molar-refractivity contribution in [2.24, 2.45) is 0 Å². The van der Waals surface area contributed by atoms with Gasteiger partial charge in [-0.1, -0.05) is 24.6 Å². The molecule has 1 amide bonds. The lowest BCUT2D eigenvalue weighted by Gasteiger charge is -2.17. The van der Waals surface area contributed by atoms with Gasteiger partial charge >= 0.3 is 0 Å². The van der Waals surface area contributed by atoms with E-state index in [9.17, 15) is 13.2 Å². The third kappa shape index (κ3) is 6.33. The van der Waals surface area contributed by atoms with Crippen LogP contribution in [0.2, 0.25) is 5.02 Å². The van der Waals surface area contributed by atoms with Gasteiger partial charge in [0, 0.05) is 16.8 Å². The smallest absolute Gasteiger partial charge is 0.265 e. The molecule has 0 aliphatic rings. The van der Waals surface area contributed by atoms with Crippen LogP contribution in [0.4, 0.5) is 11.4 Å². The largest absolute Gasteiger partial charge is 0.497 e. The standard InChI is InChI=1S/C24H25ClN2O6S/c1-4-22(33-19-7-5-6-16(25)14-19)24(28)26-17-8-11-20(12-9-17)34(29,30)27-21-13-10-18(31-2)15-23(21)32-3/h5-15,22,27H,4H2,1-3H3,(H,26,28)/t22-/m0/s1. The minimum atomic E-state index is -3.90. The summed E-state index contributed by atoms with van der Waals surface area (Å²) in [5.41, 5.74) is 0.698. The number of amides is 1. The van der Waals surface area contributed by atoms with Gasteiger partial charge in [0.1, 0.15) is 17.2 Å². The Labute approximate surface area is 203 Å². The minimum absolute atomic E-state index is 0.0191. The molecule has 8 nitrogen and oxygen atoms in total. The fourth-order valence-corrected chi connectivity index (χ4v) is 4.30. The van der Waals surface area contributed by atoms with Crippen molar-refractivity contribution in [3.8, 4) is 17.2 Å². The Hall–Kier alpha value is -3.43. The highest BCUT2D eigenvalue weighted by Crippen LogP contribution is 2.31. The second-order valence-corrected chi connectivity index (χ2v) is 9.28. The molecule has 3 aromatic carbocycles.